The van der Waals surface area contributed by atoms with E-state index in [0.29, 0.717) is 12.5 Å². The highest BCUT2D eigenvalue weighted by Crippen LogP contribution is 2.25. The van der Waals surface area contributed by atoms with Crippen LogP contribution in [0.3, 0.4) is 0 Å². The van der Waals surface area contributed by atoms with Crippen LogP contribution in [0.4, 0.5) is 0 Å². The zero-order valence-corrected chi connectivity index (χ0v) is 10.0. The summed E-state index contributed by atoms with van der Waals surface area (Å²) in [5, 5.41) is 8.96. The molecule has 2 unspecified atom stereocenters. The summed E-state index contributed by atoms with van der Waals surface area (Å²) in [4.78, 5) is 0. The lowest BCUT2D eigenvalue weighted by Gasteiger charge is -2.10. The van der Waals surface area contributed by atoms with Crippen molar-refractivity contribution in [3.63, 3.8) is 0 Å². The highest BCUT2D eigenvalue weighted by molar-refractivity contribution is 8.00. The number of rotatable bonds is 5. The van der Waals surface area contributed by atoms with Crippen molar-refractivity contribution in [2.24, 2.45) is 5.14 Å². The van der Waals surface area contributed by atoms with Gasteiger partial charge in [-0.2, -0.15) is 11.8 Å². The van der Waals surface area contributed by atoms with Gasteiger partial charge in [0.05, 0.1) is 5.75 Å². The van der Waals surface area contributed by atoms with Crippen molar-refractivity contribution in [1.82, 2.24) is 5.32 Å². The van der Waals surface area contributed by atoms with Crippen LogP contribution in [0.15, 0.2) is 0 Å². The third-order valence-corrected chi connectivity index (χ3v) is 4.45. The van der Waals surface area contributed by atoms with Crippen LogP contribution in [0, 0.1) is 0 Å². The molecule has 1 fully saturated rings. The highest BCUT2D eigenvalue weighted by atomic mass is 32.2. The van der Waals surface area contributed by atoms with Gasteiger partial charge in [-0.3, -0.25) is 0 Å². The summed E-state index contributed by atoms with van der Waals surface area (Å²) in [6.07, 6.45) is 1.79. The average molecular weight is 238 g/mol. The zero-order valence-electron chi connectivity index (χ0n) is 8.40. The SMILES string of the molecule is CC1CC(NCCCS(N)(=O)=O)CS1. The van der Waals surface area contributed by atoms with Gasteiger partial charge in [-0.15, -0.1) is 0 Å². The Morgan fingerprint density at radius 2 is 2.29 bits per heavy atom. The van der Waals surface area contributed by atoms with E-state index in [-0.39, 0.29) is 5.75 Å². The summed E-state index contributed by atoms with van der Waals surface area (Å²) in [6, 6.07) is 0.551. The molecule has 0 aromatic heterocycles. The molecule has 0 radical (unpaired) electrons. The number of nitrogens with one attached hydrogen (secondary N) is 1. The fourth-order valence-corrected chi connectivity index (χ4v) is 3.27. The zero-order chi connectivity index (χ0) is 10.6. The molecule has 14 heavy (non-hydrogen) atoms. The molecule has 6 heteroatoms. The van der Waals surface area contributed by atoms with Gasteiger partial charge in [-0.05, 0) is 19.4 Å². The van der Waals surface area contributed by atoms with Crippen LogP contribution in [-0.4, -0.2) is 37.8 Å². The summed E-state index contributed by atoms with van der Waals surface area (Å²) in [7, 11) is -3.28. The van der Waals surface area contributed by atoms with E-state index in [1.165, 1.54) is 6.42 Å². The summed E-state index contributed by atoms with van der Waals surface area (Å²) < 4.78 is 21.3. The maximum absolute atomic E-state index is 10.6. The molecule has 0 bridgehead atoms. The number of thioether (sulfide) groups is 1. The Balaban J connectivity index is 2.05. The van der Waals surface area contributed by atoms with E-state index in [2.05, 4.69) is 12.2 Å². The van der Waals surface area contributed by atoms with E-state index in [4.69, 9.17) is 5.14 Å². The molecule has 0 aromatic rings. The van der Waals surface area contributed by atoms with Gasteiger partial charge in [0.2, 0.25) is 10.0 Å². The molecule has 1 aliphatic heterocycles. The molecule has 84 valence electrons. The molecular weight excluding hydrogens is 220 g/mol. The lowest BCUT2D eigenvalue weighted by molar-refractivity contribution is 0.533. The standard InChI is InChI=1S/C8H18N2O2S2/c1-7-5-8(6-13-7)10-3-2-4-14(9,11)12/h7-8,10H,2-6H2,1H3,(H2,9,11,12). The van der Waals surface area contributed by atoms with Crippen LogP contribution in [0.1, 0.15) is 19.8 Å². The lowest BCUT2D eigenvalue weighted by Crippen LogP contribution is -2.31. The van der Waals surface area contributed by atoms with Gasteiger partial charge >= 0.3 is 0 Å². The molecule has 0 amide bonds. The van der Waals surface area contributed by atoms with Crippen molar-refractivity contribution >= 4 is 21.8 Å². The number of sulfonamides is 1. The first-order valence-corrected chi connectivity index (χ1v) is 7.59. The van der Waals surface area contributed by atoms with Crippen LogP contribution in [-0.2, 0) is 10.0 Å². The van der Waals surface area contributed by atoms with Crippen molar-refractivity contribution in [2.75, 3.05) is 18.1 Å². The van der Waals surface area contributed by atoms with Crippen molar-refractivity contribution in [1.29, 1.82) is 0 Å². The molecule has 0 aliphatic carbocycles. The third-order valence-electron chi connectivity index (χ3n) is 2.24. The van der Waals surface area contributed by atoms with E-state index in [1.54, 1.807) is 0 Å². The molecule has 1 saturated heterocycles. The molecular formula is C8H18N2O2S2. The minimum atomic E-state index is -3.28. The predicted molar refractivity (Wildman–Crippen MR) is 60.9 cm³/mol. The Labute approximate surface area is 90.1 Å². The Kier molecular flexibility index (Phi) is 4.69. The maximum atomic E-state index is 10.6. The largest absolute Gasteiger partial charge is 0.313 e. The molecule has 0 spiro atoms. The van der Waals surface area contributed by atoms with E-state index >= 15 is 0 Å². The lowest BCUT2D eigenvalue weighted by atomic mass is 10.2. The second kappa shape index (κ2) is 5.34. The number of nitrogens with two attached hydrogens (primary N) is 1. The first-order valence-electron chi connectivity index (χ1n) is 4.83. The minimum Gasteiger partial charge on any atom is -0.313 e. The van der Waals surface area contributed by atoms with E-state index in [9.17, 15) is 8.42 Å². The predicted octanol–water partition coefficient (Wildman–Crippen LogP) is 0.149. The van der Waals surface area contributed by atoms with E-state index in [1.807, 2.05) is 11.8 Å². The van der Waals surface area contributed by atoms with E-state index in [0.717, 1.165) is 17.5 Å². The Morgan fingerprint density at radius 3 is 2.79 bits per heavy atom. The van der Waals surface area contributed by atoms with Gasteiger partial charge in [0, 0.05) is 17.0 Å². The minimum absolute atomic E-state index is 0.0788. The molecule has 1 aliphatic rings. The molecule has 1 heterocycles. The molecule has 0 aromatic carbocycles. The van der Waals surface area contributed by atoms with Gasteiger partial charge in [-0.1, -0.05) is 6.92 Å². The quantitative estimate of drug-likeness (QED) is 0.669. The normalized spacial score (nSPS) is 28.1. The summed E-state index contributed by atoms with van der Waals surface area (Å²) >= 11 is 1.96. The maximum Gasteiger partial charge on any atom is 0.209 e. The fraction of sp³-hybridized carbons (Fsp3) is 1.00. The van der Waals surface area contributed by atoms with Crippen LogP contribution in [0.5, 0.6) is 0 Å². The van der Waals surface area contributed by atoms with Gasteiger partial charge in [-0.25, -0.2) is 13.6 Å². The average Bonchev–Trinajstić information content (AvgIpc) is 2.44. The van der Waals surface area contributed by atoms with Crippen molar-refractivity contribution in [2.45, 2.75) is 31.1 Å². The van der Waals surface area contributed by atoms with Gasteiger partial charge in [0.25, 0.3) is 0 Å². The fourth-order valence-electron chi connectivity index (χ4n) is 1.54. The van der Waals surface area contributed by atoms with Crippen LogP contribution in [0.25, 0.3) is 0 Å². The summed E-state index contributed by atoms with van der Waals surface area (Å²) in [5.41, 5.74) is 0. The molecule has 3 N–H and O–H groups in total. The Bertz CT molecular complexity index is 267. The van der Waals surface area contributed by atoms with Crippen LogP contribution >= 0.6 is 11.8 Å². The second-order valence-corrected chi connectivity index (χ2v) is 6.96. The summed E-state index contributed by atoms with van der Waals surface area (Å²) in [5.74, 6) is 1.21. The third kappa shape index (κ3) is 5.19. The van der Waals surface area contributed by atoms with Crippen molar-refractivity contribution in [3.8, 4) is 0 Å². The van der Waals surface area contributed by atoms with Gasteiger partial charge < -0.3 is 5.32 Å². The van der Waals surface area contributed by atoms with Crippen LogP contribution < -0.4 is 10.5 Å². The Hall–Kier alpha value is 0.220. The smallest absolute Gasteiger partial charge is 0.209 e. The topological polar surface area (TPSA) is 72.2 Å². The number of hydrogen-bond acceptors (Lipinski definition) is 4. The van der Waals surface area contributed by atoms with Crippen molar-refractivity contribution in [3.05, 3.63) is 0 Å². The first kappa shape index (κ1) is 12.3. The molecule has 0 saturated carbocycles. The molecule has 1 rings (SSSR count). The van der Waals surface area contributed by atoms with Crippen molar-refractivity contribution < 1.29 is 8.42 Å². The molecule has 2 atom stereocenters. The number of hydrogen-bond donors (Lipinski definition) is 2. The molecule has 4 nitrogen and oxygen atoms in total. The van der Waals surface area contributed by atoms with Gasteiger partial charge in [0.15, 0.2) is 0 Å². The monoisotopic (exact) mass is 238 g/mol. The Morgan fingerprint density at radius 1 is 1.57 bits per heavy atom. The summed E-state index contributed by atoms with van der Waals surface area (Å²) in [6.45, 7) is 2.96. The number of primary sulfonamides is 1. The second-order valence-electron chi connectivity index (χ2n) is 3.75. The van der Waals surface area contributed by atoms with E-state index < -0.39 is 10.0 Å². The highest BCUT2D eigenvalue weighted by Gasteiger charge is 2.20. The first-order chi connectivity index (χ1) is 6.47. The van der Waals surface area contributed by atoms with Gasteiger partial charge in [0.1, 0.15) is 0 Å². The van der Waals surface area contributed by atoms with Crippen LogP contribution in [0.2, 0.25) is 0 Å².